The lowest BCUT2D eigenvalue weighted by Gasteiger charge is -1.97. The lowest BCUT2D eigenvalue weighted by atomic mass is 10.1. The Morgan fingerprint density at radius 3 is 2.64 bits per heavy atom. The number of fused-ring (bicyclic) bond motifs is 1. The number of aromatic amines is 1. The molecule has 0 unspecified atom stereocenters. The number of hydrogen-bond donors (Lipinski definition) is 1. The van der Waals surface area contributed by atoms with E-state index in [0.29, 0.717) is 0 Å². The molecule has 1 heteroatoms. The quantitative estimate of drug-likeness (QED) is 0.585. The molecular formula is C10H10N. The summed E-state index contributed by atoms with van der Waals surface area (Å²) in [6.45, 7) is 4.21. The van der Waals surface area contributed by atoms with E-state index in [1.165, 1.54) is 22.0 Å². The summed E-state index contributed by atoms with van der Waals surface area (Å²) >= 11 is 0. The van der Waals surface area contributed by atoms with Crippen molar-refractivity contribution in [3.05, 3.63) is 35.5 Å². The van der Waals surface area contributed by atoms with Gasteiger partial charge in [0.2, 0.25) is 0 Å². The van der Waals surface area contributed by atoms with Crippen molar-refractivity contribution in [3.8, 4) is 0 Å². The highest BCUT2D eigenvalue weighted by Crippen LogP contribution is 2.19. The molecule has 0 saturated heterocycles. The number of rotatable bonds is 0. The number of H-pyrrole nitrogens is 1. The highest BCUT2D eigenvalue weighted by Gasteiger charge is 1.99. The first kappa shape index (κ1) is 6.47. The van der Waals surface area contributed by atoms with Crippen molar-refractivity contribution in [2.45, 2.75) is 13.8 Å². The summed E-state index contributed by atoms with van der Waals surface area (Å²) in [6, 6.07) is 7.43. The Kier molecular flexibility index (Phi) is 1.25. The molecule has 0 amide bonds. The van der Waals surface area contributed by atoms with E-state index in [1.54, 1.807) is 0 Å². The van der Waals surface area contributed by atoms with Gasteiger partial charge in [-0.25, -0.2) is 0 Å². The Morgan fingerprint density at radius 2 is 1.91 bits per heavy atom. The van der Waals surface area contributed by atoms with Gasteiger partial charge in [0.15, 0.2) is 0 Å². The second kappa shape index (κ2) is 2.12. The molecule has 0 fully saturated rings. The minimum atomic E-state index is 1.21. The van der Waals surface area contributed by atoms with Gasteiger partial charge >= 0.3 is 0 Å². The maximum absolute atomic E-state index is 3.17. The molecule has 0 bridgehead atoms. The average Bonchev–Trinajstić information content (AvgIpc) is 2.45. The van der Waals surface area contributed by atoms with Crippen LogP contribution >= 0.6 is 0 Å². The van der Waals surface area contributed by atoms with Crippen LogP contribution in [0.4, 0.5) is 0 Å². The summed E-state index contributed by atoms with van der Waals surface area (Å²) in [6.07, 6.45) is 1.87. The molecule has 1 radical (unpaired) electrons. The topological polar surface area (TPSA) is 15.8 Å². The lowest BCUT2D eigenvalue weighted by Crippen LogP contribution is -1.78. The van der Waals surface area contributed by atoms with Gasteiger partial charge in [-0.05, 0) is 25.0 Å². The summed E-state index contributed by atoms with van der Waals surface area (Å²) in [5.74, 6) is 0. The van der Waals surface area contributed by atoms with Crippen molar-refractivity contribution in [3.63, 3.8) is 0 Å². The van der Waals surface area contributed by atoms with Crippen LogP contribution in [-0.4, -0.2) is 4.98 Å². The SMILES string of the molecule is Cc1ccc(C)c2[nH]c[c]c12. The molecule has 2 rings (SSSR count). The van der Waals surface area contributed by atoms with Gasteiger partial charge in [0.1, 0.15) is 0 Å². The van der Waals surface area contributed by atoms with Gasteiger partial charge < -0.3 is 4.98 Å². The first-order valence-electron chi connectivity index (χ1n) is 3.74. The predicted octanol–water partition coefficient (Wildman–Crippen LogP) is 2.58. The molecule has 0 aliphatic rings. The fourth-order valence-corrected chi connectivity index (χ4v) is 1.36. The molecule has 0 aliphatic carbocycles. The second-order valence-corrected chi connectivity index (χ2v) is 2.88. The van der Waals surface area contributed by atoms with E-state index in [1.807, 2.05) is 6.20 Å². The molecular weight excluding hydrogens is 134 g/mol. The molecule has 55 valence electrons. The van der Waals surface area contributed by atoms with Crippen molar-refractivity contribution in [2.24, 2.45) is 0 Å². The number of benzene rings is 1. The molecule has 11 heavy (non-hydrogen) atoms. The Balaban J connectivity index is 2.96. The van der Waals surface area contributed by atoms with E-state index in [9.17, 15) is 0 Å². The van der Waals surface area contributed by atoms with E-state index in [2.05, 4.69) is 37.0 Å². The van der Waals surface area contributed by atoms with Crippen LogP contribution in [0.15, 0.2) is 18.3 Å². The van der Waals surface area contributed by atoms with Crippen LogP contribution in [0.25, 0.3) is 10.9 Å². The van der Waals surface area contributed by atoms with Crippen molar-refractivity contribution in [2.75, 3.05) is 0 Å². The number of nitrogens with one attached hydrogen (secondary N) is 1. The predicted molar refractivity (Wildman–Crippen MR) is 46.6 cm³/mol. The molecule has 1 heterocycles. The molecule has 0 aliphatic heterocycles. The van der Waals surface area contributed by atoms with E-state index in [0.717, 1.165) is 0 Å². The highest BCUT2D eigenvalue weighted by molar-refractivity contribution is 5.84. The fraction of sp³-hybridized carbons (Fsp3) is 0.200. The molecule has 0 saturated carbocycles. The van der Waals surface area contributed by atoms with Gasteiger partial charge in [0.05, 0.1) is 0 Å². The molecule has 2 aromatic rings. The Bertz CT molecular complexity index is 349. The zero-order valence-electron chi connectivity index (χ0n) is 6.73. The Morgan fingerprint density at radius 1 is 1.18 bits per heavy atom. The normalized spacial score (nSPS) is 10.7. The van der Waals surface area contributed by atoms with Crippen LogP contribution in [0.3, 0.4) is 0 Å². The van der Waals surface area contributed by atoms with Gasteiger partial charge in [0, 0.05) is 23.2 Å². The van der Waals surface area contributed by atoms with Crippen LogP contribution in [0.2, 0.25) is 0 Å². The van der Waals surface area contributed by atoms with Gasteiger partial charge in [0.25, 0.3) is 0 Å². The Hall–Kier alpha value is -1.24. The maximum atomic E-state index is 3.17. The van der Waals surface area contributed by atoms with Crippen LogP contribution in [0.5, 0.6) is 0 Å². The molecule has 1 nitrogen and oxygen atoms in total. The molecule has 1 aromatic carbocycles. The Labute approximate surface area is 66.1 Å². The van der Waals surface area contributed by atoms with Gasteiger partial charge in [-0.1, -0.05) is 12.1 Å². The van der Waals surface area contributed by atoms with Gasteiger partial charge in [-0.15, -0.1) is 0 Å². The first-order valence-corrected chi connectivity index (χ1v) is 3.74. The van der Waals surface area contributed by atoms with E-state index < -0.39 is 0 Å². The zero-order valence-corrected chi connectivity index (χ0v) is 6.73. The second-order valence-electron chi connectivity index (χ2n) is 2.88. The van der Waals surface area contributed by atoms with Crippen LogP contribution < -0.4 is 0 Å². The van der Waals surface area contributed by atoms with Crippen LogP contribution in [0, 0.1) is 19.9 Å². The first-order chi connectivity index (χ1) is 5.29. The van der Waals surface area contributed by atoms with Crippen molar-refractivity contribution >= 4 is 10.9 Å². The smallest absolute Gasteiger partial charge is 0.0492 e. The summed E-state index contributed by atoms with van der Waals surface area (Å²) in [5, 5.41) is 1.21. The minimum absolute atomic E-state index is 1.21. The van der Waals surface area contributed by atoms with Crippen LogP contribution in [0.1, 0.15) is 11.1 Å². The number of hydrogen-bond acceptors (Lipinski definition) is 0. The summed E-state index contributed by atoms with van der Waals surface area (Å²) in [7, 11) is 0. The third-order valence-corrected chi connectivity index (χ3v) is 2.06. The van der Waals surface area contributed by atoms with Crippen molar-refractivity contribution in [1.82, 2.24) is 4.98 Å². The van der Waals surface area contributed by atoms with Crippen molar-refractivity contribution in [1.29, 1.82) is 0 Å². The number of aromatic nitrogens is 1. The van der Waals surface area contributed by atoms with Crippen molar-refractivity contribution < 1.29 is 0 Å². The highest BCUT2D eigenvalue weighted by atomic mass is 14.7. The van der Waals surface area contributed by atoms with Crippen LogP contribution in [-0.2, 0) is 0 Å². The average molecular weight is 144 g/mol. The lowest BCUT2D eigenvalue weighted by molar-refractivity contribution is 1.40. The standard InChI is InChI=1S/C10H10N/c1-7-3-4-8(2)10-9(7)5-6-11-10/h3-4,6,11H,1-2H3. The summed E-state index contributed by atoms with van der Waals surface area (Å²) in [4.78, 5) is 3.17. The monoisotopic (exact) mass is 144 g/mol. The third-order valence-electron chi connectivity index (χ3n) is 2.06. The summed E-state index contributed by atoms with van der Waals surface area (Å²) < 4.78 is 0. The fourth-order valence-electron chi connectivity index (χ4n) is 1.36. The third kappa shape index (κ3) is 0.845. The largest absolute Gasteiger partial charge is 0.360 e. The van der Waals surface area contributed by atoms with Gasteiger partial charge in [-0.2, -0.15) is 0 Å². The molecule has 1 N–H and O–H groups in total. The van der Waals surface area contributed by atoms with E-state index in [4.69, 9.17) is 0 Å². The zero-order chi connectivity index (χ0) is 7.84. The summed E-state index contributed by atoms with van der Waals surface area (Å²) in [5.41, 5.74) is 3.78. The molecule has 0 spiro atoms. The minimum Gasteiger partial charge on any atom is -0.360 e. The number of aryl methyl sites for hydroxylation is 2. The maximum Gasteiger partial charge on any atom is 0.0492 e. The van der Waals surface area contributed by atoms with E-state index in [-0.39, 0.29) is 0 Å². The molecule has 1 aromatic heterocycles. The van der Waals surface area contributed by atoms with Gasteiger partial charge in [-0.3, -0.25) is 0 Å². The molecule has 0 atom stereocenters. The van der Waals surface area contributed by atoms with E-state index >= 15 is 0 Å².